The largest absolute Gasteiger partial charge is 0.305 e. The van der Waals surface area contributed by atoms with Gasteiger partial charge in [0.1, 0.15) is 0 Å². The Morgan fingerprint density at radius 3 is 2.43 bits per heavy atom. The minimum Gasteiger partial charge on any atom is -0.305 e. The van der Waals surface area contributed by atoms with Crippen LogP contribution in [-0.2, 0) is 5.54 Å². The van der Waals surface area contributed by atoms with Crippen molar-refractivity contribution >= 4 is 0 Å². The van der Waals surface area contributed by atoms with E-state index in [0.29, 0.717) is 0 Å². The zero-order chi connectivity index (χ0) is 15.5. The van der Waals surface area contributed by atoms with Gasteiger partial charge in [0, 0.05) is 25.2 Å². The van der Waals surface area contributed by atoms with Crippen molar-refractivity contribution in [3.8, 4) is 0 Å². The number of piperazine rings is 1. The highest BCUT2D eigenvalue weighted by atomic mass is 15.3. The number of benzene rings is 1. The lowest BCUT2D eigenvalue weighted by molar-refractivity contribution is 0.00653. The second-order valence-corrected chi connectivity index (χ2v) is 7.30. The van der Waals surface area contributed by atoms with Gasteiger partial charge in [0.2, 0.25) is 0 Å². The molecule has 3 atom stereocenters. The Balaban J connectivity index is 2.22. The summed E-state index contributed by atoms with van der Waals surface area (Å²) in [5, 5.41) is 3.83. The summed E-state index contributed by atoms with van der Waals surface area (Å²) in [6, 6.07) is 10.9. The van der Waals surface area contributed by atoms with Gasteiger partial charge in [-0.05, 0) is 31.7 Å². The first kappa shape index (κ1) is 16.5. The molecule has 21 heavy (non-hydrogen) atoms. The summed E-state index contributed by atoms with van der Waals surface area (Å²) in [4.78, 5) is 2.73. The van der Waals surface area contributed by atoms with Crippen LogP contribution < -0.4 is 5.32 Å². The van der Waals surface area contributed by atoms with E-state index < -0.39 is 0 Å². The molecule has 2 nitrogen and oxygen atoms in total. The lowest BCUT2D eigenvalue weighted by atomic mass is 9.82. The van der Waals surface area contributed by atoms with Crippen LogP contribution in [0.15, 0.2) is 30.3 Å². The average molecular weight is 288 g/mol. The standard InChI is InChI=1S/C19H32N2/c1-6-16(3)13-21-15-19(5,17-11-9-8-10-12-17)20-14-18(21,4)7-2/h8-12,16,20H,6-7,13-15H2,1-5H3. The summed E-state index contributed by atoms with van der Waals surface area (Å²) >= 11 is 0. The molecule has 2 rings (SSSR count). The Kier molecular flexibility index (Phi) is 5.11. The summed E-state index contributed by atoms with van der Waals surface area (Å²) in [5.41, 5.74) is 1.73. The third-order valence-corrected chi connectivity index (χ3v) is 5.53. The van der Waals surface area contributed by atoms with Crippen molar-refractivity contribution in [1.82, 2.24) is 10.2 Å². The van der Waals surface area contributed by atoms with Gasteiger partial charge >= 0.3 is 0 Å². The average Bonchev–Trinajstić information content (AvgIpc) is 2.52. The molecule has 0 aromatic heterocycles. The number of hydrogen-bond donors (Lipinski definition) is 1. The van der Waals surface area contributed by atoms with Crippen molar-refractivity contribution in [1.29, 1.82) is 0 Å². The van der Waals surface area contributed by atoms with Gasteiger partial charge in [0.05, 0.1) is 5.54 Å². The third-order valence-electron chi connectivity index (χ3n) is 5.53. The smallest absolute Gasteiger partial charge is 0.0535 e. The molecule has 118 valence electrons. The van der Waals surface area contributed by atoms with E-state index in [0.717, 1.165) is 19.0 Å². The third kappa shape index (κ3) is 3.49. The molecule has 1 N–H and O–H groups in total. The molecule has 0 saturated carbocycles. The van der Waals surface area contributed by atoms with Crippen molar-refractivity contribution in [2.24, 2.45) is 5.92 Å². The highest BCUT2D eigenvalue weighted by molar-refractivity contribution is 5.25. The molecule has 1 heterocycles. The fourth-order valence-corrected chi connectivity index (χ4v) is 3.26. The van der Waals surface area contributed by atoms with Crippen molar-refractivity contribution in [3.05, 3.63) is 35.9 Å². The minimum absolute atomic E-state index is 0.0589. The second-order valence-electron chi connectivity index (χ2n) is 7.30. The van der Waals surface area contributed by atoms with Crippen molar-refractivity contribution in [2.75, 3.05) is 19.6 Å². The number of rotatable bonds is 5. The molecule has 1 aliphatic rings. The quantitative estimate of drug-likeness (QED) is 0.880. The molecule has 1 aliphatic heterocycles. The van der Waals surface area contributed by atoms with Crippen LogP contribution in [0.5, 0.6) is 0 Å². The maximum Gasteiger partial charge on any atom is 0.0535 e. The molecule has 0 spiro atoms. The van der Waals surface area contributed by atoms with E-state index in [4.69, 9.17) is 0 Å². The van der Waals surface area contributed by atoms with Gasteiger partial charge in [-0.15, -0.1) is 0 Å². The van der Waals surface area contributed by atoms with Gasteiger partial charge in [-0.2, -0.15) is 0 Å². The molecule has 1 fully saturated rings. The van der Waals surface area contributed by atoms with Gasteiger partial charge in [0.15, 0.2) is 0 Å². The molecular formula is C19H32N2. The predicted octanol–water partition coefficient (Wildman–Crippen LogP) is 4.02. The summed E-state index contributed by atoms with van der Waals surface area (Å²) in [5.74, 6) is 0.758. The fraction of sp³-hybridized carbons (Fsp3) is 0.684. The molecule has 0 aliphatic carbocycles. The first-order valence-electron chi connectivity index (χ1n) is 8.49. The van der Waals surface area contributed by atoms with Crippen LogP contribution >= 0.6 is 0 Å². The van der Waals surface area contributed by atoms with Crippen LogP contribution in [0.1, 0.15) is 53.0 Å². The van der Waals surface area contributed by atoms with E-state index >= 15 is 0 Å². The lowest BCUT2D eigenvalue weighted by Gasteiger charge is -2.53. The Bertz CT molecular complexity index is 444. The van der Waals surface area contributed by atoms with Crippen LogP contribution in [0.4, 0.5) is 0 Å². The number of nitrogens with one attached hydrogen (secondary N) is 1. The number of nitrogens with zero attached hydrogens (tertiary/aromatic N) is 1. The summed E-state index contributed by atoms with van der Waals surface area (Å²) in [7, 11) is 0. The summed E-state index contributed by atoms with van der Waals surface area (Å²) < 4.78 is 0. The van der Waals surface area contributed by atoms with E-state index in [1.54, 1.807) is 0 Å². The van der Waals surface area contributed by atoms with Crippen LogP contribution in [0.25, 0.3) is 0 Å². The molecule has 1 aromatic carbocycles. The van der Waals surface area contributed by atoms with Gasteiger partial charge in [0.25, 0.3) is 0 Å². The maximum atomic E-state index is 3.83. The van der Waals surface area contributed by atoms with Gasteiger partial charge < -0.3 is 5.32 Å². The molecule has 1 aromatic rings. The molecule has 3 unspecified atom stereocenters. The first-order chi connectivity index (χ1) is 9.93. The minimum atomic E-state index is 0.0589. The highest BCUT2D eigenvalue weighted by Crippen LogP contribution is 2.33. The zero-order valence-corrected chi connectivity index (χ0v) is 14.4. The predicted molar refractivity (Wildman–Crippen MR) is 91.5 cm³/mol. The van der Waals surface area contributed by atoms with Crippen molar-refractivity contribution in [2.45, 2.75) is 58.5 Å². The molecule has 0 amide bonds. The monoisotopic (exact) mass is 288 g/mol. The van der Waals surface area contributed by atoms with E-state index in [1.165, 1.54) is 24.9 Å². The maximum absolute atomic E-state index is 3.83. The van der Waals surface area contributed by atoms with Crippen molar-refractivity contribution < 1.29 is 0 Å². The number of hydrogen-bond acceptors (Lipinski definition) is 2. The summed E-state index contributed by atoms with van der Waals surface area (Å²) in [6.45, 7) is 15.1. The van der Waals surface area contributed by atoms with Gasteiger partial charge in [-0.1, -0.05) is 57.5 Å². The van der Waals surface area contributed by atoms with E-state index in [-0.39, 0.29) is 11.1 Å². The SMILES string of the molecule is CCC(C)CN1CC(C)(c2ccccc2)NCC1(C)CC. The normalized spacial score (nSPS) is 32.0. The van der Waals surface area contributed by atoms with Crippen LogP contribution in [0.2, 0.25) is 0 Å². The van der Waals surface area contributed by atoms with Crippen LogP contribution in [0.3, 0.4) is 0 Å². The fourth-order valence-electron chi connectivity index (χ4n) is 3.26. The van der Waals surface area contributed by atoms with Gasteiger partial charge in [-0.25, -0.2) is 0 Å². The summed E-state index contributed by atoms with van der Waals surface area (Å²) in [6.07, 6.45) is 2.45. The Hall–Kier alpha value is -0.860. The molecule has 1 saturated heterocycles. The second kappa shape index (κ2) is 6.50. The lowest BCUT2D eigenvalue weighted by Crippen LogP contribution is -2.67. The highest BCUT2D eigenvalue weighted by Gasteiger charge is 2.42. The van der Waals surface area contributed by atoms with E-state index in [1.807, 2.05) is 0 Å². The van der Waals surface area contributed by atoms with Crippen LogP contribution in [0, 0.1) is 5.92 Å². The molecule has 0 radical (unpaired) electrons. The van der Waals surface area contributed by atoms with Crippen LogP contribution in [-0.4, -0.2) is 30.1 Å². The van der Waals surface area contributed by atoms with Gasteiger partial charge in [-0.3, -0.25) is 4.90 Å². The van der Waals surface area contributed by atoms with E-state index in [9.17, 15) is 0 Å². The Labute approximate surface area is 130 Å². The Morgan fingerprint density at radius 2 is 1.86 bits per heavy atom. The zero-order valence-electron chi connectivity index (χ0n) is 14.4. The molecule has 0 bridgehead atoms. The van der Waals surface area contributed by atoms with E-state index in [2.05, 4.69) is 75.2 Å². The molecular weight excluding hydrogens is 256 g/mol. The molecule has 2 heteroatoms. The topological polar surface area (TPSA) is 15.3 Å². The first-order valence-corrected chi connectivity index (χ1v) is 8.49. The Morgan fingerprint density at radius 1 is 1.19 bits per heavy atom. The van der Waals surface area contributed by atoms with Crippen molar-refractivity contribution in [3.63, 3.8) is 0 Å².